The largest absolute Gasteiger partial charge is 0.457 e. The number of nitrogens with zero attached hydrogens (tertiary/aromatic N) is 2. The number of hydrogen-bond donors (Lipinski definition) is 1. The average Bonchev–Trinajstić information content (AvgIpc) is 2.64. The second-order valence-electron chi connectivity index (χ2n) is 6.34. The molecule has 2 amide bonds. The molecule has 1 aliphatic rings. The number of hydrogen-bond acceptors (Lipinski definition) is 4. The van der Waals surface area contributed by atoms with Gasteiger partial charge in [-0.2, -0.15) is 0 Å². The van der Waals surface area contributed by atoms with Crippen molar-refractivity contribution < 1.29 is 14.3 Å². The number of anilines is 1. The lowest BCUT2D eigenvalue weighted by Crippen LogP contribution is -2.39. The van der Waals surface area contributed by atoms with Gasteiger partial charge in [0.25, 0.3) is 0 Å². The van der Waals surface area contributed by atoms with Gasteiger partial charge in [-0.25, -0.2) is 0 Å². The maximum absolute atomic E-state index is 12.3. The highest BCUT2D eigenvalue weighted by Crippen LogP contribution is 2.22. The van der Waals surface area contributed by atoms with Crippen LogP contribution in [-0.4, -0.2) is 34.8 Å². The summed E-state index contributed by atoms with van der Waals surface area (Å²) >= 11 is 0. The fraction of sp³-hybridized carbons (Fsp3) is 0.350. The van der Waals surface area contributed by atoms with Crippen LogP contribution in [0.25, 0.3) is 0 Å². The molecule has 1 N–H and O–H groups in total. The summed E-state index contributed by atoms with van der Waals surface area (Å²) in [5, 5.41) is 2.84. The lowest BCUT2D eigenvalue weighted by Gasteiger charge is -2.24. The molecule has 2 aromatic rings. The summed E-state index contributed by atoms with van der Waals surface area (Å²) in [6.45, 7) is 0.763. The van der Waals surface area contributed by atoms with Gasteiger partial charge in [-0.1, -0.05) is 12.8 Å². The summed E-state index contributed by atoms with van der Waals surface area (Å²) in [5.74, 6) is 1.27. The molecule has 1 aromatic carbocycles. The molecular weight excluding hydrogens is 330 g/mol. The van der Waals surface area contributed by atoms with E-state index in [1.54, 1.807) is 53.7 Å². The smallest absolute Gasteiger partial charge is 0.243 e. The van der Waals surface area contributed by atoms with Crippen LogP contribution < -0.4 is 10.1 Å². The maximum atomic E-state index is 12.3. The zero-order chi connectivity index (χ0) is 18.2. The van der Waals surface area contributed by atoms with Crippen LogP contribution in [0.15, 0.2) is 48.8 Å². The molecule has 1 aromatic heterocycles. The molecule has 3 rings (SSSR count). The van der Waals surface area contributed by atoms with Crippen LogP contribution >= 0.6 is 0 Å². The molecule has 26 heavy (non-hydrogen) atoms. The van der Waals surface area contributed by atoms with Gasteiger partial charge >= 0.3 is 0 Å². The second-order valence-corrected chi connectivity index (χ2v) is 6.34. The Morgan fingerprint density at radius 1 is 1.00 bits per heavy atom. The third kappa shape index (κ3) is 5.31. The van der Waals surface area contributed by atoms with Crippen LogP contribution in [0.3, 0.4) is 0 Å². The third-order valence-corrected chi connectivity index (χ3v) is 4.28. The fourth-order valence-corrected chi connectivity index (χ4v) is 2.91. The lowest BCUT2D eigenvalue weighted by molar-refractivity contribution is -0.135. The summed E-state index contributed by atoms with van der Waals surface area (Å²) in [5.41, 5.74) is 0.677. The topological polar surface area (TPSA) is 71.5 Å². The second kappa shape index (κ2) is 8.99. The van der Waals surface area contributed by atoms with Gasteiger partial charge in [0.05, 0.1) is 6.54 Å². The van der Waals surface area contributed by atoms with E-state index >= 15 is 0 Å². The van der Waals surface area contributed by atoms with Crippen molar-refractivity contribution in [2.75, 3.05) is 18.4 Å². The number of benzene rings is 1. The molecule has 0 saturated carbocycles. The van der Waals surface area contributed by atoms with E-state index in [0.29, 0.717) is 30.2 Å². The van der Waals surface area contributed by atoms with Crippen LogP contribution in [0.4, 0.5) is 5.69 Å². The summed E-state index contributed by atoms with van der Waals surface area (Å²) < 4.78 is 5.69. The Kier molecular flexibility index (Phi) is 6.19. The van der Waals surface area contributed by atoms with Crippen LogP contribution in [-0.2, 0) is 9.59 Å². The molecule has 1 aliphatic heterocycles. The first-order chi connectivity index (χ1) is 12.7. The molecule has 0 radical (unpaired) electrons. The number of ether oxygens (including phenoxy) is 1. The summed E-state index contributed by atoms with van der Waals surface area (Å²) in [6.07, 6.45) is 7.94. The number of pyridine rings is 1. The highest BCUT2D eigenvalue weighted by atomic mass is 16.5. The van der Waals surface area contributed by atoms with Crippen LogP contribution in [0, 0.1) is 0 Å². The van der Waals surface area contributed by atoms with E-state index in [4.69, 9.17) is 4.74 Å². The maximum Gasteiger partial charge on any atom is 0.243 e. The van der Waals surface area contributed by atoms with E-state index in [1.807, 2.05) is 0 Å². The van der Waals surface area contributed by atoms with E-state index < -0.39 is 0 Å². The van der Waals surface area contributed by atoms with Gasteiger partial charge in [0.15, 0.2) is 0 Å². The zero-order valence-electron chi connectivity index (χ0n) is 14.7. The van der Waals surface area contributed by atoms with E-state index in [2.05, 4.69) is 10.3 Å². The van der Waals surface area contributed by atoms with Crippen LogP contribution in [0.1, 0.15) is 32.1 Å². The van der Waals surface area contributed by atoms with Crippen molar-refractivity contribution in [2.24, 2.45) is 0 Å². The Morgan fingerprint density at radius 3 is 2.46 bits per heavy atom. The predicted octanol–water partition coefficient (Wildman–Crippen LogP) is 3.61. The van der Waals surface area contributed by atoms with Crippen LogP contribution in [0.5, 0.6) is 11.5 Å². The minimum Gasteiger partial charge on any atom is -0.457 e. The van der Waals surface area contributed by atoms with Crippen molar-refractivity contribution in [2.45, 2.75) is 32.1 Å². The number of carbonyl (C=O) groups excluding carboxylic acids is 2. The quantitative estimate of drug-likeness (QED) is 0.891. The summed E-state index contributed by atoms with van der Waals surface area (Å²) in [7, 11) is 0. The van der Waals surface area contributed by atoms with Crippen LogP contribution in [0.2, 0.25) is 0 Å². The van der Waals surface area contributed by atoms with E-state index in [1.165, 1.54) is 0 Å². The number of rotatable bonds is 5. The lowest BCUT2D eigenvalue weighted by atomic mass is 10.1. The first-order valence-electron chi connectivity index (χ1n) is 8.96. The Morgan fingerprint density at radius 2 is 1.69 bits per heavy atom. The number of nitrogens with one attached hydrogen (secondary N) is 1. The Labute approximate surface area is 153 Å². The van der Waals surface area contributed by atoms with Crippen molar-refractivity contribution in [3.8, 4) is 11.5 Å². The monoisotopic (exact) mass is 353 g/mol. The van der Waals surface area contributed by atoms with Crippen molar-refractivity contribution in [3.05, 3.63) is 48.8 Å². The van der Waals surface area contributed by atoms with Gasteiger partial charge in [0, 0.05) is 31.0 Å². The first-order valence-corrected chi connectivity index (χ1v) is 8.96. The molecule has 0 bridgehead atoms. The molecule has 1 saturated heterocycles. The van der Waals surface area contributed by atoms with Gasteiger partial charge in [-0.15, -0.1) is 0 Å². The summed E-state index contributed by atoms with van der Waals surface area (Å²) in [4.78, 5) is 30.0. The van der Waals surface area contributed by atoms with Crippen molar-refractivity contribution >= 4 is 17.5 Å². The molecule has 6 nitrogen and oxygen atoms in total. The average molecular weight is 353 g/mol. The van der Waals surface area contributed by atoms with Gasteiger partial charge in [0.1, 0.15) is 11.5 Å². The predicted molar refractivity (Wildman–Crippen MR) is 99.0 cm³/mol. The standard InChI is InChI=1S/C20H23N3O3/c24-19(15-23-14-4-2-1-3-5-20(23)25)22-16-6-8-17(9-7-16)26-18-10-12-21-13-11-18/h6-13H,1-5,14-15H2,(H,22,24). The van der Waals surface area contributed by atoms with Crippen molar-refractivity contribution in [1.82, 2.24) is 9.88 Å². The molecule has 0 unspecified atom stereocenters. The zero-order valence-corrected chi connectivity index (χ0v) is 14.7. The minimum absolute atomic E-state index is 0.0703. The van der Waals surface area contributed by atoms with Gasteiger partial charge in [-0.3, -0.25) is 14.6 Å². The molecular formula is C20H23N3O3. The normalized spacial score (nSPS) is 15.1. The fourth-order valence-electron chi connectivity index (χ4n) is 2.91. The van der Waals surface area contributed by atoms with Crippen molar-refractivity contribution in [3.63, 3.8) is 0 Å². The van der Waals surface area contributed by atoms with Crippen molar-refractivity contribution in [1.29, 1.82) is 0 Å². The van der Waals surface area contributed by atoms with Gasteiger partial charge in [-0.05, 0) is 49.2 Å². The molecule has 6 heteroatoms. The molecule has 136 valence electrons. The van der Waals surface area contributed by atoms with E-state index in [-0.39, 0.29) is 18.4 Å². The third-order valence-electron chi connectivity index (χ3n) is 4.28. The Balaban J connectivity index is 1.53. The molecule has 0 spiro atoms. The molecule has 0 aliphatic carbocycles. The Bertz CT molecular complexity index is 732. The highest BCUT2D eigenvalue weighted by molar-refractivity contribution is 5.94. The summed E-state index contributed by atoms with van der Waals surface area (Å²) in [6, 6.07) is 10.7. The minimum atomic E-state index is -0.179. The molecule has 1 fully saturated rings. The molecule has 0 atom stereocenters. The highest BCUT2D eigenvalue weighted by Gasteiger charge is 2.18. The number of carbonyl (C=O) groups is 2. The Hall–Kier alpha value is -2.89. The number of amides is 2. The SMILES string of the molecule is O=C(CN1CCCCCCC1=O)Nc1ccc(Oc2ccncc2)cc1. The van der Waals surface area contributed by atoms with Gasteiger partial charge in [0.2, 0.25) is 11.8 Å². The first kappa shape index (κ1) is 17.9. The number of aromatic nitrogens is 1. The number of likely N-dealkylation sites (tertiary alicyclic amines) is 1. The van der Waals surface area contributed by atoms with E-state index in [0.717, 1.165) is 25.7 Å². The van der Waals surface area contributed by atoms with Gasteiger partial charge < -0.3 is 15.0 Å². The molecule has 2 heterocycles. The van der Waals surface area contributed by atoms with E-state index in [9.17, 15) is 9.59 Å².